The molecule has 0 radical (unpaired) electrons. The zero-order chi connectivity index (χ0) is 11.8. The van der Waals surface area contributed by atoms with Gasteiger partial charge in [-0.3, -0.25) is 0 Å². The fraction of sp³-hybridized carbons (Fsp3) is 0.308. The Morgan fingerprint density at radius 3 is 2.31 bits per heavy atom. The minimum Gasteiger partial charge on any atom is -0.508 e. The fourth-order valence-electron chi connectivity index (χ4n) is 1.68. The molecule has 3 nitrogen and oxygen atoms in total. The summed E-state index contributed by atoms with van der Waals surface area (Å²) in [5.41, 5.74) is 1.02. The van der Waals surface area contributed by atoms with Gasteiger partial charge in [0, 0.05) is 23.5 Å². The summed E-state index contributed by atoms with van der Waals surface area (Å²) >= 11 is 0. The van der Waals surface area contributed by atoms with Crippen LogP contribution in [-0.4, -0.2) is 14.7 Å². The van der Waals surface area contributed by atoms with Crippen molar-refractivity contribution in [3.63, 3.8) is 0 Å². The topological polar surface area (TPSA) is 38.0 Å². The molecule has 3 heteroatoms. The molecular formula is C13H16N2O. The van der Waals surface area contributed by atoms with Crippen LogP contribution < -0.4 is 0 Å². The van der Waals surface area contributed by atoms with Crippen molar-refractivity contribution in [1.82, 2.24) is 9.55 Å². The van der Waals surface area contributed by atoms with E-state index in [1.807, 2.05) is 22.9 Å². The normalized spacial score (nSPS) is 11.7. The Morgan fingerprint density at radius 2 is 1.75 bits per heavy atom. The highest BCUT2D eigenvalue weighted by atomic mass is 16.3. The lowest BCUT2D eigenvalue weighted by Gasteiger charge is -2.19. The molecule has 0 atom stereocenters. The molecule has 0 unspecified atom stereocenters. The molecule has 0 saturated carbocycles. The number of hydrogen-bond acceptors (Lipinski definition) is 2. The zero-order valence-corrected chi connectivity index (χ0v) is 9.81. The van der Waals surface area contributed by atoms with E-state index in [9.17, 15) is 5.11 Å². The highest BCUT2D eigenvalue weighted by Crippen LogP contribution is 2.24. The summed E-state index contributed by atoms with van der Waals surface area (Å²) in [6.07, 6.45) is 3.74. The standard InChI is InChI=1S/C13H16N2O/c1-13(2,3)12-14-8-9-15(12)10-4-6-11(16)7-5-10/h4-9,16H,1-3H3. The van der Waals surface area contributed by atoms with E-state index < -0.39 is 0 Å². The van der Waals surface area contributed by atoms with Crippen LogP contribution in [0.25, 0.3) is 5.69 Å². The predicted molar refractivity (Wildman–Crippen MR) is 63.9 cm³/mol. The van der Waals surface area contributed by atoms with Crippen molar-refractivity contribution in [2.45, 2.75) is 26.2 Å². The summed E-state index contributed by atoms with van der Waals surface area (Å²) in [6, 6.07) is 7.13. The number of aromatic nitrogens is 2. The quantitative estimate of drug-likeness (QED) is 0.796. The summed E-state index contributed by atoms with van der Waals surface area (Å²) in [6.45, 7) is 6.39. The van der Waals surface area contributed by atoms with Gasteiger partial charge in [0.15, 0.2) is 0 Å². The van der Waals surface area contributed by atoms with Crippen LogP contribution in [0.4, 0.5) is 0 Å². The van der Waals surface area contributed by atoms with Gasteiger partial charge in [0.1, 0.15) is 11.6 Å². The number of benzene rings is 1. The van der Waals surface area contributed by atoms with Crippen LogP contribution in [0.3, 0.4) is 0 Å². The third-order valence-corrected chi connectivity index (χ3v) is 2.44. The van der Waals surface area contributed by atoms with E-state index in [1.54, 1.807) is 18.3 Å². The fourth-order valence-corrected chi connectivity index (χ4v) is 1.68. The largest absolute Gasteiger partial charge is 0.508 e. The second-order valence-electron chi connectivity index (χ2n) is 4.89. The van der Waals surface area contributed by atoms with Gasteiger partial charge in [-0.15, -0.1) is 0 Å². The number of imidazole rings is 1. The SMILES string of the molecule is CC(C)(C)c1nccn1-c1ccc(O)cc1. The average molecular weight is 216 g/mol. The lowest BCUT2D eigenvalue weighted by molar-refractivity contribution is 0.475. The third-order valence-electron chi connectivity index (χ3n) is 2.44. The van der Waals surface area contributed by atoms with E-state index in [4.69, 9.17) is 0 Å². The molecule has 1 N–H and O–H groups in total. The molecule has 1 aromatic heterocycles. The van der Waals surface area contributed by atoms with Gasteiger partial charge >= 0.3 is 0 Å². The van der Waals surface area contributed by atoms with Crippen LogP contribution in [-0.2, 0) is 5.41 Å². The molecule has 0 aliphatic heterocycles. The Bertz CT molecular complexity index is 477. The van der Waals surface area contributed by atoms with Crippen molar-refractivity contribution in [3.05, 3.63) is 42.5 Å². The molecule has 84 valence electrons. The van der Waals surface area contributed by atoms with Gasteiger partial charge in [-0.05, 0) is 24.3 Å². The minimum absolute atomic E-state index is 0.00138. The zero-order valence-electron chi connectivity index (χ0n) is 9.81. The van der Waals surface area contributed by atoms with E-state index in [-0.39, 0.29) is 11.2 Å². The smallest absolute Gasteiger partial charge is 0.118 e. The number of phenolic OH excluding ortho intramolecular Hbond substituents is 1. The number of nitrogens with zero attached hydrogens (tertiary/aromatic N) is 2. The second kappa shape index (κ2) is 3.67. The minimum atomic E-state index is 0.00138. The van der Waals surface area contributed by atoms with Crippen molar-refractivity contribution in [2.24, 2.45) is 0 Å². The third kappa shape index (κ3) is 1.94. The van der Waals surface area contributed by atoms with E-state index in [0.29, 0.717) is 0 Å². The number of phenols is 1. The molecule has 0 aliphatic carbocycles. The van der Waals surface area contributed by atoms with Crippen molar-refractivity contribution >= 4 is 0 Å². The Labute approximate surface area is 95.4 Å². The van der Waals surface area contributed by atoms with Crippen molar-refractivity contribution < 1.29 is 5.11 Å². The summed E-state index contributed by atoms with van der Waals surface area (Å²) < 4.78 is 2.04. The first-order chi connectivity index (χ1) is 7.48. The predicted octanol–water partition coefficient (Wildman–Crippen LogP) is 2.88. The Morgan fingerprint density at radius 1 is 1.12 bits per heavy atom. The lowest BCUT2D eigenvalue weighted by atomic mass is 9.95. The average Bonchev–Trinajstić information content (AvgIpc) is 2.66. The Hall–Kier alpha value is -1.77. The van der Waals surface area contributed by atoms with Gasteiger partial charge in [0.25, 0.3) is 0 Å². The molecule has 2 rings (SSSR count). The molecular weight excluding hydrogens is 200 g/mol. The van der Waals surface area contributed by atoms with E-state index in [1.165, 1.54) is 0 Å². The summed E-state index contributed by atoms with van der Waals surface area (Å²) in [4.78, 5) is 4.39. The van der Waals surface area contributed by atoms with Gasteiger partial charge in [-0.2, -0.15) is 0 Å². The highest BCUT2D eigenvalue weighted by molar-refractivity contribution is 5.38. The first-order valence-electron chi connectivity index (χ1n) is 5.32. The molecule has 1 heterocycles. The highest BCUT2D eigenvalue weighted by Gasteiger charge is 2.20. The van der Waals surface area contributed by atoms with Crippen LogP contribution in [0.15, 0.2) is 36.7 Å². The summed E-state index contributed by atoms with van der Waals surface area (Å²) in [5.74, 6) is 1.29. The molecule has 0 amide bonds. The van der Waals surface area contributed by atoms with E-state index >= 15 is 0 Å². The molecule has 0 saturated heterocycles. The van der Waals surface area contributed by atoms with Crippen molar-refractivity contribution in [2.75, 3.05) is 0 Å². The molecule has 16 heavy (non-hydrogen) atoms. The summed E-state index contributed by atoms with van der Waals surface area (Å²) in [7, 11) is 0. The molecule has 1 aromatic carbocycles. The van der Waals surface area contributed by atoms with Crippen LogP contribution in [0.2, 0.25) is 0 Å². The number of rotatable bonds is 1. The van der Waals surface area contributed by atoms with Gasteiger partial charge < -0.3 is 9.67 Å². The molecule has 0 spiro atoms. The van der Waals surface area contributed by atoms with Gasteiger partial charge in [-0.25, -0.2) is 4.98 Å². The van der Waals surface area contributed by atoms with Crippen LogP contribution >= 0.6 is 0 Å². The molecule has 2 aromatic rings. The maximum absolute atomic E-state index is 9.26. The first kappa shape index (κ1) is 10.7. The van der Waals surface area contributed by atoms with E-state index in [0.717, 1.165) is 11.5 Å². The van der Waals surface area contributed by atoms with Gasteiger partial charge in [0.2, 0.25) is 0 Å². The van der Waals surface area contributed by atoms with Gasteiger partial charge in [0.05, 0.1) is 0 Å². The molecule has 0 bridgehead atoms. The van der Waals surface area contributed by atoms with E-state index in [2.05, 4.69) is 25.8 Å². The number of hydrogen-bond donors (Lipinski definition) is 1. The first-order valence-corrected chi connectivity index (χ1v) is 5.32. The monoisotopic (exact) mass is 216 g/mol. The van der Waals surface area contributed by atoms with Crippen LogP contribution in [0.5, 0.6) is 5.75 Å². The second-order valence-corrected chi connectivity index (χ2v) is 4.89. The Balaban J connectivity index is 2.49. The lowest BCUT2D eigenvalue weighted by Crippen LogP contribution is -2.17. The van der Waals surface area contributed by atoms with Crippen LogP contribution in [0.1, 0.15) is 26.6 Å². The Kier molecular flexibility index (Phi) is 2.46. The van der Waals surface area contributed by atoms with Crippen molar-refractivity contribution in [1.29, 1.82) is 0 Å². The molecule has 0 fully saturated rings. The molecule has 0 aliphatic rings. The van der Waals surface area contributed by atoms with Crippen molar-refractivity contribution in [3.8, 4) is 11.4 Å². The maximum atomic E-state index is 9.26. The van der Waals surface area contributed by atoms with Gasteiger partial charge in [-0.1, -0.05) is 20.8 Å². The van der Waals surface area contributed by atoms with Crippen LogP contribution in [0, 0.1) is 0 Å². The summed E-state index contributed by atoms with van der Waals surface area (Å²) in [5, 5.41) is 9.26. The number of aromatic hydroxyl groups is 1. The maximum Gasteiger partial charge on any atom is 0.118 e.